The molecule has 0 saturated heterocycles. The Morgan fingerprint density at radius 3 is 2.46 bits per heavy atom. The van der Waals surface area contributed by atoms with Crippen LogP contribution in [0.2, 0.25) is 0 Å². The molecule has 130 valence electrons. The van der Waals surface area contributed by atoms with Gasteiger partial charge in [0.05, 0.1) is 21.6 Å². The molecule has 7 nitrogen and oxygen atoms in total. The van der Waals surface area contributed by atoms with Crippen LogP contribution in [0, 0.1) is 10.1 Å². The van der Waals surface area contributed by atoms with Crippen LogP contribution in [-0.4, -0.2) is 21.8 Å². The summed E-state index contributed by atoms with van der Waals surface area (Å²) < 4.78 is 1.53. The summed E-state index contributed by atoms with van der Waals surface area (Å²) in [6.07, 6.45) is 0.559. The van der Waals surface area contributed by atoms with Crippen LogP contribution in [0.4, 0.5) is 5.69 Å². The smallest absolute Gasteiger partial charge is 0.270 e. The van der Waals surface area contributed by atoms with E-state index in [0.29, 0.717) is 47.3 Å². The van der Waals surface area contributed by atoms with E-state index >= 15 is 0 Å². The largest absolute Gasteiger partial charge is 0.330 e. The van der Waals surface area contributed by atoms with Crippen molar-refractivity contribution in [1.29, 1.82) is 0 Å². The number of nitro groups is 1. The summed E-state index contributed by atoms with van der Waals surface area (Å²) in [6.45, 7) is 0.738. The van der Waals surface area contributed by atoms with Gasteiger partial charge in [-0.1, -0.05) is 24.3 Å². The molecule has 2 aromatic carbocycles. The Labute approximate surface area is 147 Å². The van der Waals surface area contributed by atoms with Gasteiger partial charge in [0.15, 0.2) is 5.78 Å². The lowest BCUT2D eigenvalue weighted by Crippen LogP contribution is -2.24. The second-order valence-electron chi connectivity index (χ2n) is 6.18. The maximum Gasteiger partial charge on any atom is 0.270 e. The number of ketones is 1. The van der Waals surface area contributed by atoms with Crippen molar-refractivity contribution >= 4 is 22.2 Å². The van der Waals surface area contributed by atoms with Gasteiger partial charge in [-0.05, 0) is 19.0 Å². The lowest BCUT2D eigenvalue weighted by atomic mass is 10.0. The molecule has 0 saturated carbocycles. The zero-order chi connectivity index (χ0) is 18.4. The number of carbonyl (C=O) groups excluding carboxylic acids is 1. The predicted molar refractivity (Wildman–Crippen MR) is 97.4 cm³/mol. The minimum absolute atomic E-state index is 0.170. The first kappa shape index (κ1) is 16.2. The second-order valence-corrected chi connectivity index (χ2v) is 6.18. The molecule has 1 aromatic heterocycles. The summed E-state index contributed by atoms with van der Waals surface area (Å²) in [5.41, 5.74) is 7.32. The van der Waals surface area contributed by atoms with Gasteiger partial charge in [-0.2, -0.15) is 0 Å². The van der Waals surface area contributed by atoms with Crippen LogP contribution < -0.4 is 11.3 Å². The molecule has 7 heteroatoms. The highest BCUT2D eigenvalue weighted by Gasteiger charge is 2.32. The molecule has 1 aliphatic rings. The third kappa shape index (κ3) is 2.18. The molecule has 3 aromatic rings. The van der Waals surface area contributed by atoms with Crippen molar-refractivity contribution in [3.05, 3.63) is 74.1 Å². The highest BCUT2D eigenvalue weighted by Crippen LogP contribution is 2.39. The Kier molecular flexibility index (Phi) is 3.66. The maximum atomic E-state index is 13.1. The Morgan fingerprint density at radius 1 is 1.04 bits per heavy atom. The predicted octanol–water partition coefficient (Wildman–Crippen LogP) is 2.47. The maximum absolute atomic E-state index is 13.1. The first-order chi connectivity index (χ1) is 12.5. The van der Waals surface area contributed by atoms with Gasteiger partial charge in [-0.25, -0.2) is 0 Å². The van der Waals surface area contributed by atoms with Crippen LogP contribution in [0.1, 0.15) is 22.3 Å². The van der Waals surface area contributed by atoms with Gasteiger partial charge in [0.2, 0.25) is 0 Å². The summed E-state index contributed by atoms with van der Waals surface area (Å²) in [5, 5.41) is 11.7. The number of aromatic nitrogens is 1. The van der Waals surface area contributed by atoms with Gasteiger partial charge < -0.3 is 10.3 Å². The molecule has 0 unspecified atom stereocenters. The van der Waals surface area contributed by atoms with Crippen molar-refractivity contribution in [2.45, 2.75) is 13.0 Å². The monoisotopic (exact) mass is 349 g/mol. The van der Waals surface area contributed by atoms with E-state index in [-0.39, 0.29) is 22.4 Å². The van der Waals surface area contributed by atoms with E-state index in [2.05, 4.69) is 0 Å². The van der Waals surface area contributed by atoms with Gasteiger partial charge in [0, 0.05) is 35.2 Å². The third-order valence-electron chi connectivity index (χ3n) is 4.71. The fourth-order valence-electron chi connectivity index (χ4n) is 3.55. The molecular formula is C19H15N3O4. The van der Waals surface area contributed by atoms with Crippen LogP contribution in [0.25, 0.3) is 22.0 Å². The number of hydrogen-bond donors (Lipinski definition) is 1. The zero-order valence-electron chi connectivity index (χ0n) is 13.8. The van der Waals surface area contributed by atoms with Crippen molar-refractivity contribution < 1.29 is 9.72 Å². The number of non-ortho nitro benzene ring substituents is 1. The molecule has 0 amide bonds. The van der Waals surface area contributed by atoms with E-state index in [1.165, 1.54) is 22.8 Å². The van der Waals surface area contributed by atoms with E-state index in [9.17, 15) is 19.7 Å². The number of benzene rings is 2. The number of nitro benzene ring substituents is 1. The molecule has 0 bridgehead atoms. The average Bonchev–Trinajstić information content (AvgIpc) is 2.94. The molecule has 0 spiro atoms. The first-order valence-corrected chi connectivity index (χ1v) is 8.23. The van der Waals surface area contributed by atoms with E-state index in [0.717, 1.165) is 0 Å². The lowest BCUT2D eigenvalue weighted by Gasteiger charge is -2.14. The standard InChI is InChI=1S/C19H15N3O4/c20-8-3-9-21-17-13-4-1-2-5-14(13)18(23)16(17)12-7-6-11(22(25)26)10-15(12)19(21)24/h1-2,4-7,10H,3,8-9,20H2. The number of carbonyl (C=O) groups is 1. The normalized spacial score (nSPS) is 12.3. The molecule has 0 atom stereocenters. The number of pyridine rings is 1. The molecule has 0 radical (unpaired) electrons. The molecular weight excluding hydrogens is 334 g/mol. The Bertz CT molecular complexity index is 1150. The van der Waals surface area contributed by atoms with Crippen LogP contribution in [0.15, 0.2) is 47.3 Å². The molecule has 4 rings (SSSR count). The fourth-order valence-corrected chi connectivity index (χ4v) is 3.55. The summed E-state index contributed by atoms with van der Waals surface area (Å²) in [4.78, 5) is 36.6. The first-order valence-electron chi connectivity index (χ1n) is 8.23. The number of nitrogens with zero attached hydrogens (tertiary/aromatic N) is 2. The van der Waals surface area contributed by atoms with Crippen LogP contribution in [-0.2, 0) is 6.54 Å². The second kappa shape index (κ2) is 5.89. The van der Waals surface area contributed by atoms with Crippen molar-refractivity contribution in [3.8, 4) is 11.3 Å². The summed E-state index contributed by atoms with van der Waals surface area (Å²) >= 11 is 0. The van der Waals surface area contributed by atoms with E-state index in [1.54, 1.807) is 12.1 Å². The molecule has 0 aliphatic heterocycles. The fraction of sp³-hybridized carbons (Fsp3) is 0.158. The van der Waals surface area contributed by atoms with Gasteiger partial charge >= 0.3 is 0 Å². The van der Waals surface area contributed by atoms with Crippen molar-refractivity contribution in [2.75, 3.05) is 6.54 Å². The minimum atomic E-state index is -0.549. The van der Waals surface area contributed by atoms with Crippen molar-refractivity contribution in [3.63, 3.8) is 0 Å². The highest BCUT2D eigenvalue weighted by atomic mass is 16.6. The quantitative estimate of drug-likeness (QED) is 0.450. The van der Waals surface area contributed by atoms with Crippen LogP contribution in [0.3, 0.4) is 0 Å². The van der Waals surface area contributed by atoms with Crippen LogP contribution in [0.5, 0.6) is 0 Å². The number of hydrogen-bond acceptors (Lipinski definition) is 5. The third-order valence-corrected chi connectivity index (χ3v) is 4.71. The topological polar surface area (TPSA) is 108 Å². The van der Waals surface area contributed by atoms with E-state index in [1.807, 2.05) is 12.1 Å². The highest BCUT2D eigenvalue weighted by molar-refractivity contribution is 6.26. The van der Waals surface area contributed by atoms with Crippen LogP contribution >= 0.6 is 0 Å². The molecule has 0 fully saturated rings. The number of fused-ring (bicyclic) bond motifs is 5. The Hall–Kier alpha value is -3.32. The molecule has 1 aliphatic carbocycles. The average molecular weight is 349 g/mol. The summed E-state index contributed by atoms with van der Waals surface area (Å²) in [5.74, 6) is -0.170. The minimum Gasteiger partial charge on any atom is -0.330 e. The zero-order valence-corrected chi connectivity index (χ0v) is 13.8. The van der Waals surface area contributed by atoms with Crippen molar-refractivity contribution in [1.82, 2.24) is 4.57 Å². The number of rotatable bonds is 4. The van der Waals surface area contributed by atoms with E-state index in [4.69, 9.17) is 5.73 Å². The number of nitrogens with two attached hydrogens (primary N) is 1. The molecule has 26 heavy (non-hydrogen) atoms. The summed E-state index contributed by atoms with van der Waals surface area (Å²) in [6, 6.07) is 11.2. The van der Waals surface area contributed by atoms with Crippen molar-refractivity contribution in [2.24, 2.45) is 5.73 Å². The van der Waals surface area contributed by atoms with E-state index < -0.39 is 4.92 Å². The van der Waals surface area contributed by atoms with Gasteiger partial charge in [-0.15, -0.1) is 0 Å². The van der Waals surface area contributed by atoms with Gasteiger partial charge in [-0.3, -0.25) is 19.7 Å². The summed E-state index contributed by atoms with van der Waals surface area (Å²) in [7, 11) is 0. The Balaban J connectivity index is 2.14. The lowest BCUT2D eigenvalue weighted by molar-refractivity contribution is -0.384. The molecule has 1 heterocycles. The van der Waals surface area contributed by atoms with Gasteiger partial charge in [0.25, 0.3) is 11.2 Å². The van der Waals surface area contributed by atoms with Gasteiger partial charge in [0.1, 0.15) is 0 Å². The SMILES string of the molecule is NCCCn1c2c(c3ccc([N+](=O)[O-])cc3c1=O)C(=O)c1ccccc1-2. The molecule has 2 N–H and O–H groups in total. The Morgan fingerprint density at radius 2 is 1.77 bits per heavy atom.